The molecule has 8 heteroatoms. The van der Waals surface area contributed by atoms with Gasteiger partial charge in [-0.2, -0.15) is 5.10 Å². The van der Waals surface area contributed by atoms with Gasteiger partial charge in [0.2, 0.25) is 5.43 Å². The Morgan fingerprint density at radius 1 is 1.07 bits per heavy atom. The fourth-order valence-electron chi connectivity index (χ4n) is 2.90. The molecule has 3 aromatic rings. The molecule has 0 unspecified atom stereocenters. The van der Waals surface area contributed by atoms with E-state index in [9.17, 15) is 18.7 Å². The van der Waals surface area contributed by atoms with Gasteiger partial charge < -0.3 is 14.6 Å². The fraction of sp³-hybridized carbons (Fsp3) is 0.200. The predicted octanol–water partition coefficient (Wildman–Crippen LogP) is 3.00. The van der Waals surface area contributed by atoms with Crippen molar-refractivity contribution in [1.82, 2.24) is 9.78 Å². The highest BCUT2D eigenvalue weighted by Crippen LogP contribution is 2.31. The number of ether oxygens (including phenoxy) is 2. The van der Waals surface area contributed by atoms with E-state index in [0.717, 1.165) is 12.1 Å². The van der Waals surface area contributed by atoms with E-state index in [2.05, 4.69) is 5.10 Å². The van der Waals surface area contributed by atoms with Crippen molar-refractivity contribution >= 4 is 0 Å². The van der Waals surface area contributed by atoms with Gasteiger partial charge in [0.05, 0.1) is 32.2 Å². The molecule has 0 aliphatic rings. The lowest BCUT2D eigenvalue weighted by Crippen LogP contribution is -2.22. The zero-order valence-corrected chi connectivity index (χ0v) is 15.5. The average molecular weight is 388 g/mol. The van der Waals surface area contributed by atoms with Gasteiger partial charge in [0.1, 0.15) is 28.8 Å². The van der Waals surface area contributed by atoms with Crippen LogP contribution in [0.3, 0.4) is 0 Å². The van der Waals surface area contributed by atoms with Crippen LogP contribution in [0.4, 0.5) is 8.78 Å². The molecule has 0 bridgehead atoms. The molecule has 0 saturated heterocycles. The van der Waals surface area contributed by atoms with Crippen molar-refractivity contribution in [1.29, 1.82) is 0 Å². The molecule has 0 aliphatic carbocycles. The summed E-state index contributed by atoms with van der Waals surface area (Å²) in [6.45, 7) is 0.905. The van der Waals surface area contributed by atoms with Crippen LogP contribution in [-0.2, 0) is 6.61 Å². The van der Waals surface area contributed by atoms with Gasteiger partial charge in [-0.25, -0.2) is 13.5 Å². The highest BCUT2D eigenvalue weighted by molar-refractivity contribution is 5.66. The Bertz CT molecular complexity index is 1070. The molecular formula is C20H18F2N2O4. The first-order valence-electron chi connectivity index (χ1n) is 8.32. The van der Waals surface area contributed by atoms with Gasteiger partial charge in [0, 0.05) is 35.4 Å². The van der Waals surface area contributed by atoms with Crippen molar-refractivity contribution < 1.29 is 23.4 Å². The van der Waals surface area contributed by atoms with Gasteiger partial charge in [0.25, 0.3) is 0 Å². The maximum Gasteiger partial charge on any atom is 0.209 e. The van der Waals surface area contributed by atoms with Gasteiger partial charge in [-0.3, -0.25) is 4.79 Å². The van der Waals surface area contributed by atoms with Gasteiger partial charge in [-0.15, -0.1) is 0 Å². The molecule has 6 nitrogen and oxygen atoms in total. The molecular weight excluding hydrogens is 370 g/mol. The van der Waals surface area contributed by atoms with E-state index in [1.807, 2.05) is 0 Å². The summed E-state index contributed by atoms with van der Waals surface area (Å²) in [5.41, 5.74) is 0.0711. The van der Waals surface area contributed by atoms with Crippen LogP contribution in [0.15, 0.2) is 41.2 Å². The number of aliphatic hydroxyl groups is 1. The SMILES string of the molecule is COc1cc(OC)cc(-n2nc(CO)c(=O)c(C)c2-c2ccc(F)cc2F)c1. The zero-order chi connectivity index (χ0) is 20.4. The summed E-state index contributed by atoms with van der Waals surface area (Å²) in [5, 5.41) is 13.7. The molecule has 28 heavy (non-hydrogen) atoms. The molecule has 0 aliphatic heterocycles. The topological polar surface area (TPSA) is 73.6 Å². The van der Waals surface area contributed by atoms with E-state index in [1.54, 1.807) is 18.2 Å². The molecule has 1 aromatic heterocycles. The predicted molar refractivity (Wildman–Crippen MR) is 98.9 cm³/mol. The Morgan fingerprint density at radius 3 is 2.25 bits per heavy atom. The van der Waals surface area contributed by atoms with E-state index in [0.29, 0.717) is 17.2 Å². The van der Waals surface area contributed by atoms with Crippen molar-refractivity contribution in [3.8, 4) is 28.4 Å². The van der Waals surface area contributed by atoms with Crippen molar-refractivity contribution in [2.45, 2.75) is 13.5 Å². The summed E-state index contributed by atoms with van der Waals surface area (Å²) >= 11 is 0. The first kappa shape index (κ1) is 19.5. The summed E-state index contributed by atoms with van der Waals surface area (Å²) in [7, 11) is 2.95. The fourth-order valence-corrected chi connectivity index (χ4v) is 2.90. The largest absolute Gasteiger partial charge is 0.497 e. The summed E-state index contributed by atoms with van der Waals surface area (Å²) in [6.07, 6.45) is 0. The van der Waals surface area contributed by atoms with E-state index < -0.39 is 23.7 Å². The van der Waals surface area contributed by atoms with Crippen LogP contribution >= 0.6 is 0 Å². The molecule has 0 spiro atoms. The number of aliphatic hydroxyl groups excluding tert-OH is 1. The molecule has 146 valence electrons. The third kappa shape index (κ3) is 3.46. The highest BCUT2D eigenvalue weighted by atomic mass is 19.1. The Balaban J connectivity index is 2.41. The number of nitrogens with zero attached hydrogens (tertiary/aromatic N) is 2. The second-order valence-corrected chi connectivity index (χ2v) is 6.01. The smallest absolute Gasteiger partial charge is 0.209 e. The Morgan fingerprint density at radius 2 is 1.71 bits per heavy atom. The molecule has 3 rings (SSSR count). The van der Waals surface area contributed by atoms with Crippen molar-refractivity contribution in [3.63, 3.8) is 0 Å². The lowest BCUT2D eigenvalue weighted by molar-refractivity contribution is 0.273. The van der Waals surface area contributed by atoms with E-state index in [1.165, 1.54) is 31.9 Å². The second kappa shape index (κ2) is 7.77. The van der Waals surface area contributed by atoms with Crippen molar-refractivity contribution in [2.24, 2.45) is 0 Å². The van der Waals surface area contributed by atoms with Crippen LogP contribution in [0, 0.1) is 18.6 Å². The van der Waals surface area contributed by atoms with Crippen molar-refractivity contribution in [2.75, 3.05) is 14.2 Å². The number of halogens is 2. The minimum absolute atomic E-state index is 0.00484. The first-order chi connectivity index (χ1) is 13.4. The maximum atomic E-state index is 14.5. The van der Waals surface area contributed by atoms with Crippen LogP contribution in [-0.4, -0.2) is 29.1 Å². The van der Waals surface area contributed by atoms with E-state index >= 15 is 0 Å². The number of hydrogen-bond acceptors (Lipinski definition) is 5. The van der Waals surface area contributed by atoms with Gasteiger partial charge in [-0.1, -0.05) is 0 Å². The minimum Gasteiger partial charge on any atom is -0.497 e. The Labute approximate surface area is 159 Å². The number of aromatic nitrogens is 2. The molecule has 0 saturated carbocycles. The molecule has 2 aromatic carbocycles. The molecule has 1 N–H and O–H groups in total. The normalized spacial score (nSPS) is 10.8. The van der Waals surface area contributed by atoms with E-state index in [4.69, 9.17) is 9.47 Å². The Hall–Kier alpha value is -3.26. The quantitative estimate of drug-likeness (QED) is 0.728. The van der Waals surface area contributed by atoms with Crippen LogP contribution in [0.1, 0.15) is 11.3 Å². The summed E-state index contributed by atoms with van der Waals surface area (Å²) < 4.78 is 39.8. The molecule has 0 radical (unpaired) electrons. The lowest BCUT2D eigenvalue weighted by Gasteiger charge is -2.18. The number of benzene rings is 2. The number of rotatable bonds is 5. The first-order valence-corrected chi connectivity index (χ1v) is 8.32. The summed E-state index contributed by atoms with van der Waals surface area (Å²) in [4.78, 5) is 12.5. The van der Waals surface area contributed by atoms with Crippen LogP contribution < -0.4 is 14.9 Å². The molecule has 0 amide bonds. The maximum absolute atomic E-state index is 14.5. The third-order valence-electron chi connectivity index (χ3n) is 4.31. The molecule has 0 atom stereocenters. The number of methoxy groups -OCH3 is 2. The van der Waals surface area contributed by atoms with Crippen LogP contribution in [0.5, 0.6) is 11.5 Å². The second-order valence-electron chi connectivity index (χ2n) is 6.01. The minimum atomic E-state index is -0.843. The van der Waals surface area contributed by atoms with Gasteiger partial charge >= 0.3 is 0 Å². The zero-order valence-electron chi connectivity index (χ0n) is 15.5. The highest BCUT2D eigenvalue weighted by Gasteiger charge is 2.20. The van der Waals surface area contributed by atoms with E-state index in [-0.39, 0.29) is 22.5 Å². The number of hydrogen-bond donors (Lipinski definition) is 1. The third-order valence-corrected chi connectivity index (χ3v) is 4.31. The molecule has 0 fully saturated rings. The monoisotopic (exact) mass is 388 g/mol. The van der Waals surface area contributed by atoms with Gasteiger partial charge in [0.15, 0.2) is 0 Å². The summed E-state index contributed by atoms with van der Waals surface area (Å²) in [5.74, 6) is -0.687. The molecule has 1 heterocycles. The standard InChI is InChI=1S/C20H18F2N2O4/c1-11-19(16-5-4-12(21)6-17(16)22)24(23-18(10-25)20(11)26)13-7-14(27-2)9-15(8-13)28-3/h4-9,25H,10H2,1-3H3. The lowest BCUT2D eigenvalue weighted by atomic mass is 10.0. The summed E-state index contributed by atoms with van der Waals surface area (Å²) in [6, 6.07) is 7.94. The Kier molecular flexibility index (Phi) is 5.41. The van der Waals surface area contributed by atoms with Crippen LogP contribution in [0.25, 0.3) is 16.9 Å². The average Bonchev–Trinajstić information content (AvgIpc) is 2.70. The van der Waals surface area contributed by atoms with Crippen molar-refractivity contribution in [3.05, 3.63) is 69.5 Å². The van der Waals surface area contributed by atoms with Gasteiger partial charge in [-0.05, 0) is 19.1 Å². The van der Waals surface area contributed by atoms with Crippen LogP contribution in [0.2, 0.25) is 0 Å².